The van der Waals surface area contributed by atoms with Gasteiger partial charge in [0.05, 0.1) is 11.1 Å². The minimum Gasteiger partial charge on any atom is -0.489 e. The van der Waals surface area contributed by atoms with Crippen LogP contribution in [0.5, 0.6) is 5.75 Å². The first-order valence-electron chi connectivity index (χ1n) is 4.15. The molecule has 1 rings (SSSR count). The highest BCUT2D eigenvalue weighted by Gasteiger charge is 2.08. The van der Waals surface area contributed by atoms with Crippen LogP contribution < -0.4 is 4.74 Å². The average molecular weight is 209 g/mol. The second-order valence-corrected chi connectivity index (χ2v) is 2.67. The Hall–Kier alpha value is -2.09. The van der Waals surface area contributed by atoms with Gasteiger partial charge in [0.1, 0.15) is 25.1 Å². The number of carbonyl (C=O) groups is 1. The van der Waals surface area contributed by atoms with Gasteiger partial charge in [-0.15, -0.1) is 0 Å². The van der Waals surface area contributed by atoms with E-state index in [1.807, 2.05) is 0 Å². The SMILES string of the molecule is N#Cc1cc(C(=O)O)ccc1OCCF. The highest BCUT2D eigenvalue weighted by molar-refractivity contribution is 5.88. The summed E-state index contributed by atoms with van der Waals surface area (Å²) in [6, 6.07) is 5.63. The van der Waals surface area contributed by atoms with Crippen molar-refractivity contribution in [1.82, 2.24) is 0 Å². The van der Waals surface area contributed by atoms with E-state index in [0.717, 1.165) is 0 Å². The van der Waals surface area contributed by atoms with Gasteiger partial charge < -0.3 is 9.84 Å². The maximum atomic E-state index is 11.8. The van der Waals surface area contributed by atoms with Crippen molar-refractivity contribution in [2.75, 3.05) is 13.3 Å². The zero-order valence-electron chi connectivity index (χ0n) is 7.74. The molecule has 15 heavy (non-hydrogen) atoms. The molecule has 0 atom stereocenters. The number of carboxylic acids is 1. The van der Waals surface area contributed by atoms with Crippen LogP contribution in [-0.2, 0) is 0 Å². The number of halogens is 1. The van der Waals surface area contributed by atoms with Crippen molar-refractivity contribution < 1.29 is 19.0 Å². The lowest BCUT2D eigenvalue weighted by molar-refractivity contribution is 0.0697. The quantitative estimate of drug-likeness (QED) is 0.817. The van der Waals surface area contributed by atoms with Crippen LogP contribution in [0.3, 0.4) is 0 Å². The highest BCUT2D eigenvalue weighted by Crippen LogP contribution is 2.19. The van der Waals surface area contributed by atoms with Crippen LogP contribution in [0.2, 0.25) is 0 Å². The van der Waals surface area contributed by atoms with Crippen molar-refractivity contribution in [1.29, 1.82) is 5.26 Å². The summed E-state index contributed by atoms with van der Waals surface area (Å²) in [7, 11) is 0. The van der Waals surface area contributed by atoms with Gasteiger partial charge >= 0.3 is 5.97 Å². The van der Waals surface area contributed by atoms with Crippen LogP contribution in [0, 0.1) is 11.3 Å². The third-order valence-corrected chi connectivity index (χ3v) is 1.68. The van der Waals surface area contributed by atoms with Crippen LogP contribution >= 0.6 is 0 Å². The summed E-state index contributed by atoms with van der Waals surface area (Å²) < 4.78 is 16.7. The van der Waals surface area contributed by atoms with E-state index >= 15 is 0 Å². The fraction of sp³-hybridized carbons (Fsp3) is 0.200. The smallest absolute Gasteiger partial charge is 0.335 e. The van der Waals surface area contributed by atoms with Crippen LogP contribution in [0.15, 0.2) is 18.2 Å². The number of alkyl halides is 1. The molecular formula is C10H8FNO3. The first-order valence-corrected chi connectivity index (χ1v) is 4.15. The summed E-state index contributed by atoms with van der Waals surface area (Å²) in [5.74, 6) is -0.927. The van der Waals surface area contributed by atoms with Gasteiger partial charge in [0.2, 0.25) is 0 Å². The third kappa shape index (κ3) is 2.68. The monoisotopic (exact) mass is 209 g/mol. The number of hydrogen-bond donors (Lipinski definition) is 1. The molecule has 1 aromatic carbocycles. The molecule has 0 spiro atoms. The average Bonchev–Trinajstić information content (AvgIpc) is 2.25. The number of benzene rings is 1. The van der Waals surface area contributed by atoms with Gasteiger partial charge in [0.15, 0.2) is 0 Å². The molecule has 0 bridgehead atoms. The molecule has 0 aromatic heterocycles. The Labute approximate surface area is 85.5 Å². The van der Waals surface area contributed by atoms with Crippen molar-refractivity contribution >= 4 is 5.97 Å². The highest BCUT2D eigenvalue weighted by atomic mass is 19.1. The van der Waals surface area contributed by atoms with Gasteiger partial charge in [0, 0.05) is 0 Å². The Bertz CT molecular complexity index is 412. The molecule has 0 fully saturated rings. The van der Waals surface area contributed by atoms with Crippen molar-refractivity contribution in [3.05, 3.63) is 29.3 Å². The van der Waals surface area contributed by atoms with E-state index in [9.17, 15) is 9.18 Å². The Morgan fingerprint density at radius 1 is 1.60 bits per heavy atom. The molecule has 0 saturated carbocycles. The number of aromatic carboxylic acids is 1. The maximum Gasteiger partial charge on any atom is 0.335 e. The molecule has 78 valence electrons. The van der Waals surface area contributed by atoms with Crippen LogP contribution in [0.25, 0.3) is 0 Å². The second kappa shape index (κ2) is 4.96. The number of rotatable bonds is 4. The largest absolute Gasteiger partial charge is 0.489 e. The van der Waals surface area contributed by atoms with Crippen molar-refractivity contribution in [2.45, 2.75) is 0 Å². The predicted molar refractivity (Wildman–Crippen MR) is 49.6 cm³/mol. The lowest BCUT2D eigenvalue weighted by atomic mass is 10.1. The van der Waals surface area contributed by atoms with Crippen molar-refractivity contribution in [3.8, 4) is 11.8 Å². The Morgan fingerprint density at radius 3 is 2.87 bits per heavy atom. The van der Waals surface area contributed by atoms with E-state index in [1.165, 1.54) is 18.2 Å². The molecule has 0 amide bonds. The molecule has 1 N–H and O–H groups in total. The summed E-state index contributed by atoms with van der Waals surface area (Å²) in [5, 5.41) is 17.4. The number of nitrogens with zero attached hydrogens (tertiary/aromatic N) is 1. The number of ether oxygens (including phenoxy) is 1. The van der Waals surface area contributed by atoms with Gasteiger partial charge in [0.25, 0.3) is 0 Å². The molecular weight excluding hydrogens is 201 g/mol. The van der Waals surface area contributed by atoms with Crippen LogP contribution in [0.1, 0.15) is 15.9 Å². The molecule has 4 nitrogen and oxygen atoms in total. The van der Waals surface area contributed by atoms with Crippen molar-refractivity contribution in [3.63, 3.8) is 0 Å². The van der Waals surface area contributed by atoms with Crippen molar-refractivity contribution in [2.24, 2.45) is 0 Å². The summed E-state index contributed by atoms with van der Waals surface area (Å²) in [5.41, 5.74) is 0.0856. The van der Waals surface area contributed by atoms with Gasteiger partial charge in [-0.3, -0.25) is 0 Å². The summed E-state index contributed by atoms with van der Waals surface area (Å²) in [4.78, 5) is 10.6. The Kier molecular flexibility index (Phi) is 3.63. The van der Waals surface area contributed by atoms with E-state index < -0.39 is 12.6 Å². The van der Waals surface area contributed by atoms with Gasteiger partial charge in [-0.2, -0.15) is 5.26 Å². The molecule has 0 saturated heterocycles. The minimum atomic E-state index is -1.12. The van der Waals surface area contributed by atoms with Gasteiger partial charge in [-0.1, -0.05) is 0 Å². The Morgan fingerprint density at radius 2 is 2.33 bits per heavy atom. The number of hydrogen-bond acceptors (Lipinski definition) is 3. The number of carboxylic acid groups (broad SMARTS) is 1. The normalized spacial score (nSPS) is 9.33. The predicted octanol–water partition coefficient (Wildman–Crippen LogP) is 1.60. The van der Waals surface area contributed by atoms with E-state index in [-0.39, 0.29) is 23.5 Å². The standard InChI is InChI=1S/C10H8FNO3/c11-3-4-15-9-2-1-7(10(13)14)5-8(9)6-12/h1-2,5H,3-4H2,(H,13,14). The fourth-order valence-corrected chi connectivity index (χ4v) is 1.02. The summed E-state index contributed by atoms with van der Waals surface area (Å²) >= 11 is 0. The first kappa shape index (κ1) is 11.0. The zero-order valence-corrected chi connectivity index (χ0v) is 7.74. The topological polar surface area (TPSA) is 70.3 Å². The Balaban J connectivity index is 3.00. The maximum absolute atomic E-state index is 11.8. The van der Waals surface area contributed by atoms with Gasteiger partial charge in [-0.25, -0.2) is 9.18 Å². The molecule has 0 aliphatic heterocycles. The van der Waals surface area contributed by atoms with E-state index in [1.54, 1.807) is 6.07 Å². The molecule has 0 unspecified atom stereocenters. The fourth-order valence-electron chi connectivity index (χ4n) is 1.02. The van der Waals surface area contributed by atoms with E-state index in [2.05, 4.69) is 0 Å². The molecule has 5 heteroatoms. The lowest BCUT2D eigenvalue weighted by Gasteiger charge is -2.05. The molecule has 0 radical (unpaired) electrons. The zero-order chi connectivity index (χ0) is 11.3. The summed E-state index contributed by atoms with van der Waals surface area (Å²) in [6.07, 6.45) is 0. The lowest BCUT2D eigenvalue weighted by Crippen LogP contribution is -2.02. The molecule has 0 heterocycles. The first-order chi connectivity index (χ1) is 7.19. The van der Waals surface area contributed by atoms with E-state index in [4.69, 9.17) is 15.1 Å². The third-order valence-electron chi connectivity index (χ3n) is 1.68. The second-order valence-electron chi connectivity index (χ2n) is 2.67. The molecule has 0 aliphatic carbocycles. The van der Waals surface area contributed by atoms with E-state index in [0.29, 0.717) is 0 Å². The van der Waals surface area contributed by atoms with Gasteiger partial charge in [-0.05, 0) is 18.2 Å². The summed E-state index contributed by atoms with van der Waals surface area (Å²) in [6.45, 7) is -0.813. The van der Waals surface area contributed by atoms with Crippen LogP contribution in [0.4, 0.5) is 4.39 Å². The molecule has 0 aliphatic rings. The minimum absolute atomic E-state index is 0.000788. The molecule has 1 aromatic rings. The van der Waals surface area contributed by atoms with Crippen LogP contribution in [-0.4, -0.2) is 24.4 Å². The number of nitriles is 1.